The maximum absolute atomic E-state index is 12.6. The number of ether oxygens (including phenoxy) is 2. The fourth-order valence-corrected chi connectivity index (χ4v) is 5.63. The highest BCUT2D eigenvalue weighted by molar-refractivity contribution is 7.90. The van der Waals surface area contributed by atoms with Crippen LogP contribution in [0, 0.1) is 0 Å². The monoisotopic (exact) mass is 578 g/mol. The number of hydrogen-bond acceptors (Lipinski definition) is 6. The van der Waals surface area contributed by atoms with E-state index in [4.69, 9.17) is 9.47 Å². The molecular formula is C31H38N4O5S. The van der Waals surface area contributed by atoms with Gasteiger partial charge >= 0.3 is 10.2 Å². The maximum Gasteiger partial charge on any atom is 0.301 e. The van der Waals surface area contributed by atoms with Crippen LogP contribution in [0.1, 0.15) is 41.3 Å². The molecule has 5 rings (SSSR count). The van der Waals surface area contributed by atoms with Crippen LogP contribution >= 0.6 is 0 Å². The molecule has 1 aliphatic rings. The highest BCUT2D eigenvalue weighted by atomic mass is 32.2. The molecule has 41 heavy (non-hydrogen) atoms. The van der Waals surface area contributed by atoms with Crippen LogP contribution in [0.4, 0.5) is 5.69 Å². The van der Waals surface area contributed by atoms with Gasteiger partial charge in [0.05, 0.1) is 11.8 Å². The number of hydrogen-bond donors (Lipinski definition) is 4. The second-order valence-electron chi connectivity index (χ2n) is 10.5. The Bertz CT molecular complexity index is 1570. The molecule has 218 valence electrons. The topological polar surface area (TPSA) is 116 Å². The predicted octanol–water partition coefficient (Wildman–Crippen LogP) is 4.55. The van der Waals surface area contributed by atoms with E-state index in [0.29, 0.717) is 24.5 Å². The molecule has 1 atom stereocenters. The molecule has 4 aromatic rings. The lowest BCUT2D eigenvalue weighted by Gasteiger charge is -2.19. The lowest BCUT2D eigenvalue weighted by Crippen LogP contribution is -2.29. The molecule has 4 N–H and O–H groups in total. The van der Waals surface area contributed by atoms with Gasteiger partial charge in [0.2, 0.25) is 0 Å². The molecule has 0 fully saturated rings. The highest BCUT2D eigenvalue weighted by Crippen LogP contribution is 2.32. The number of aryl methyl sites for hydroxylation is 2. The van der Waals surface area contributed by atoms with Gasteiger partial charge in [-0.1, -0.05) is 36.4 Å². The van der Waals surface area contributed by atoms with Crippen LogP contribution < -0.4 is 19.5 Å². The van der Waals surface area contributed by atoms with E-state index in [1.165, 1.54) is 43.6 Å². The Kier molecular flexibility index (Phi) is 9.14. The van der Waals surface area contributed by atoms with Crippen molar-refractivity contribution in [2.75, 3.05) is 38.5 Å². The van der Waals surface area contributed by atoms with Crippen molar-refractivity contribution in [1.29, 1.82) is 0 Å². The first-order valence-electron chi connectivity index (χ1n) is 14.0. The van der Waals surface area contributed by atoms with Gasteiger partial charge in [-0.3, -0.25) is 4.72 Å². The van der Waals surface area contributed by atoms with E-state index in [1.54, 1.807) is 18.2 Å². The lowest BCUT2D eigenvalue weighted by molar-refractivity contribution is 0.172. The molecule has 0 saturated carbocycles. The summed E-state index contributed by atoms with van der Waals surface area (Å²) in [5, 5.41) is 15.3. The SMILES string of the molecule is CN(C)S(=O)(=O)Nc1cc(C(O)CNCCOc2ccc3c4c([nH]c3c2)CCCC4)ccc1OCc1ccccc1. The molecule has 1 heterocycles. The molecule has 10 heteroatoms. The molecule has 3 aromatic carbocycles. The Labute approximate surface area is 241 Å². The van der Waals surface area contributed by atoms with Crippen LogP contribution in [0.25, 0.3) is 10.9 Å². The molecule has 9 nitrogen and oxygen atoms in total. The minimum atomic E-state index is -3.78. The van der Waals surface area contributed by atoms with Gasteiger partial charge in [0.15, 0.2) is 0 Å². The van der Waals surface area contributed by atoms with Crippen molar-refractivity contribution in [3.8, 4) is 11.5 Å². The van der Waals surface area contributed by atoms with E-state index in [9.17, 15) is 13.5 Å². The van der Waals surface area contributed by atoms with Crippen molar-refractivity contribution in [3.05, 3.63) is 89.1 Å². The third kappa shape index (κ3) is 7.20. The lowest BCUT2D eigenvalue weighted by atomic mass is 9.96. The van der Waals surface area contributed by atoms with Crippen LogP contribution in [-0.2, 0) is 29.7 Å². The number of aromatic amines is 1. The summed E-state index contributed by atoms with van der Waals surface area (Å²) in [4.78, 5) is 3.55. The molecule has 0 amide bonds. The number of fused-ring (bicyclic) bond motifs is 3. The third-order valence-electron chi connectivity index (χ3n) is 7.30. The zero-order valence-corrected chi connectivity index (χ0v) is 24.3. The molecule has 1 unspecified atom stereocenters. The summed E-state index contributed by atoms with van der Waals surface area (Å²) in [6.07, 6.45) is 3.87. The summed E-state index contributed by atoms with van der Waals surface area (Å²) in [6, 6.07) is 20.8. The first kappa shape index (κ1) is 28.9. The quantitative estimate of drug-likeness (QED) is 0.173. The first-order chi connectivity index (χ1) is 19.8. The fourth-order valence-electron chi connectivity index (χ4n) is 5.01. The Hall–Kier alpha value is -3.57. The number of aromatic nitrogens is 1. The van der Waals surface area contributed by atoms with E-state index in [0.717, 1.165) is 34.0 Å². The zero-order chi connectivity index (χ0) is 28.8. The van der Waals surface area contributed by atoms with E-state index in [1.807, 2.05) is 36.4 Å². The number of benzene rings is 3. The zero-order valence-electron chi connectivity index (χ0n) is 23.5. The summed E-state index contributed by atoms with van der Waals surface area (Å²) in [5.41, 5.74) is 5.69. The van der Waals surface area contributed by atoms with Crippen molar-refractivity contribution < 1.29 is 23.0 Å². The largest absolute Gasteiger partial charge is 0.492 e. The third-order valence-corrected chi connectivity index (χ3v) is 8.74. The Balaban J connectivity index is 1.16. The van der Waals surface area contributed by atoms with E-state index in [-0.39, 0.29) is 18.8 Å². The van der Waals surface area contributed by atoms with Gasteiger partial charge in [0.25, 0.3) is 0 Å². The van der Waals surface area contributed by atoms with Crippen molar-refractivity contribution in [2.45, 2.75) is 38.4 Å². The molecule has 0 bridgehead atoms. The van der Waals surface area contributed by atoms with Crippen LogP contribution in [0.3, 0.4) is 0 Å². The molecule has 0 saturated heterocycles. The Morgan fingerprint density at radius 3 is 2.61 bits per heavy atom. The highest BCUT2D eigenvalue weighted by Gasteiger charge is 2.19. The predicted molar refractivity (Wildman–Crippen MR) is 162 cm³/mol. The minimum Gasteiger partial charge on any atom is -0.492 e. The van der Waals surface area contributed by atoms with Gasteiger partial charge in [-0.2, -0.15) is 12.7 Å². The van der Waals surface area contributed by atoms with Gasteiger partial charge in [-0.15, -0.1) is 0 Å². The summed E-state index contributed by atoms with van der Waals surface area (Å²) >= 11 is 0. The van der Waals surface area contributed by atoms with E-state index < -0.39 is 16.3 Å². The minimum absolute atomic E-state index is 0.260. The summed E-state index contributed by atoms with van der Waals surface area (Å²) in [6.45, 7) is 1.53. The number of H-pyrrole nitrogens is 1. The first-order valence-corrected chi connectivity index (χ1v) is 15.4. The maximum atomic E-state index is 12.6. The van der Waals surface area contributed by atoms with Crippen molar-refractivity contribution in [2.24, 2.45) is 0 Å². The molecular weight excluding hydrogens is 540 g/mol. The Morgan fingerprint density at radius 1 is 1.00 bits per heavy atom. The van der Waals surface area contributed by atoms with E-state index >= 15 is 0 Å². The standard InChI is InChI=1S/C31H38N4O5S/c1-35(2)41(37,38)34-29-18-23(12-15-31(29)40-21-22-8-4-3-5-9-22)30(36)20-32-16-17-39-24-13-14-26-25-10-6-7-11-27(25)33-28(26)19-24/h3-5,8-9,12-15,18-19,30,32-34,36H,6-7,10-11,16-17,20-21H2,1-2H3. The van der Waals surface area contributed by atoms with Gasteiger partial charge in [0, 0.05) is 49.8 Å². The van der Waals surface area contributed by atoms with Gasteiger partial charge in [-0.05, 0) is 66.6 Å². The summed E-state index contributed by atoms with van der Waals surface area (Å²) in [5.74, 6) is 1.18. The van der Waals surface area contributed by atoms with Crippen molar-refractivity contribution in [3.63, 3.8) is 0 Å². The van der Waals surface area contributed by atoms with Crippen LogP contribution in [0.5, 0.6) is 11.5 Å². The second kappa shape index (κ2) is 12.9. The second-order valence-corrected chi connectivity index (χ2v) is 12.4. The average molecular weight is 579 g/mol. The van der Waals surface area contributed by atoms with Crippen LogP contribution in [0.2, 0.25) is 0 Å². The molecule has 0 aliphatic heterocycles. The number of rotatable bonds is 13. The number of anilines is 1. The van der Waals surface area contributed by atoms with Crippen molar-refractivity contribution >= 4 is 26.8 Å². The number of aliphatic hydroxyl groups is 1. The molecule has 0 radical (unpaired) electrons. The molecule has 0 spiro atoms. The number of nitrogens with zero attached hydrogens (tertiary/aromatic N) is 1. The normalized spacial score (nSPS) is 14.1. The smallest absolute Gasteiger partial charge is 0.301 e. The summed E-state index contributed by atoms with van der Waals surface area (Å²) in [7, 11) is -0.887. The van der Waals surface area contributed by atoms with Gasteiger partial charge in [-0.25, -0.2) is 0 Å². The molecule has 1 aliphatic carbocycles. The van der Waals surface area contributed by atoms with Crippen molar-refractivity contribution in [1.82, 2.24) is 14.6 Å². The van der Waals surface area contributed by atoms with E-state index in [2.05, 4.69) is 27.2 Å². The Morgan fingerprint density at radius 2 is 1.80 bits per heavy atom. The number of nitrogens with one attached hydrogen (secondary N) is 3. The van der Waals surface area contributed by atoms with Crippen LogP contribution in [0.15, 0.2) is 66.7 Å². The van der Waals surface area contributed by atoms with Crippen LogP contribution in [-0.4, -0.2) is 56.6 Å². The fraction of sp³-hybridized carbons (Fsp3) is 0.355. The van der Waals surface area contributed by atoms with Gasteiger partial charge < -0.3 is 24.9 Å². The molecule has 1 aromatic heterocycles. The average Bonchev–Trinajstić information content (AvgIpc) is 3.34. The summed E-state index contributed by atoms with van der Waals surface area (Å²) < 4.78 is 40.6. The van der Waals surface area contributed by atoms with Gasteiger partial charge in [0.1, 0.15) is 24.7 Å². The number of aliphatic hydroxyl groups excluding tert-OH is 1.